The van der Waals surface area contributed by atoms with E-state index < -0.39 is 0 Å². The molecular formula is C17H13ClN4O. The van der Waals surface area contributed by atoms with Gasteiger partial charge in [0.05, 0.1) is 6.20 Å². The number of hydrogen-bond acceptors (Lipinski definition) is 4. The molecule has 23 heavy (non-hydrogen) atoms. The third-order valence-corrected chi connectivity index (χ3v) is 4.56. The van der Waals surface area contributed by atoms with Crippen LogP contribution in [0.15, 0.2) is 41.7 Å². The lowest BCUT2D eigenvalue weighted by atomic mass is 9.85. The highest BCUT2D eigenvalue weighted by Gasteiger charge is 2.36. The smallest absolute Gasteiger partial charge is 0.163 e. The Kier molecular flexibility index (Phi) is 3.21. The Morgan fingerprint density at radius 2 is 2.26 bits per heavy atom. The largest absolute Gasteiger partial charge is 0.342 e. The van der Waals surface area contributed by atoms with Crippen LogP contribution in [-0.2, 0) is 4.79 Å². The lowest BCUT2D eigenvalue weighted by molar-refractivity contribution is -0.116. The summed E-state index contributed by atoms with van der Waals surface area (Å²) in [6.45, 7) is 0. The number of benzene rings is 1. The van der Waals surface area contributed by atoms with E-state index in [2.05, 4.69) is 16.5 Å². The fourth-order valence-electron chi connectivity index (χ4n) is 3.32. The van der Waals surface area contributed by atoms with Crippen LogP contribution >= 0.6 is 11.6 Å². The molecule has 4 rings (SSSR count). The maximum absolute atomic E-state index is 12.5. The Hall–Kier alpha value is -2.58. The van der Waals surface area contributed by atoms with E-state index >= 15 is 0 Å². The number of nitrogens with one attached hydrogen (secondary N) is 1. The number of allylic oxidation sites excluding steroid dienone is 2. The van der Waals surface area contributed by atoms with Crippen LogP contribution in [0.2, 0.25) is 5.02 Å². The Morgan fingerprint density at radius 1 is 1.39 bits per heavy atom. The van der Waals surface area contributed by atoms with Crippen molar-refractivity contribution in [3.8, 4) is 6.07 Å². The first-order valence-electron chi connectivity index (χ1n) is 7.45. The molecule has 0 bridgehead atoms. The van der Waals surface area contributed by atoms with Crippen molar-refractivity contribution in [2.45, 2.75) is 25.3 Å². The van der Waals surface area contributed by atoms with Crippen molar-refractivity contribution < 1.29 is 4.79 Å². The van der Waals surface area contributed by atoms with E-state index in [1.165, 1.54) is 6.20 Å². The normalized spacial score (nSPS) is 19.7. The van der Waals surface area contributed by atoms with Crippen LogP contribution in [0.4, 0.5) is 5.82 Å². The molecule has 1 N–H and O–H groups in total. The summed E-state index contributed by atoms with van der Waals surface area (Å²) < 4.78 is 1.71. The van der Waals surface area contributed by atoms with Crippen LogP contribution in [0.5, 0.6) is 0 Å². The molecule has 0 radical (unpaired) electrons. The second kappa shape index (κ2) is 5.25. The standard InChI is InChI=1S/C17H13ClN4O/c18-12-4-1-3-10(7-12)16-15-13(5-2-6-14(15)23)21-17-11(8-19)9-20-22(16)17/h1,3-4,7,9,16,21H,2,5-6H2. The maximum Gasteiger partial charge on any atom is 0.163 e. The summed E-state index contributed by atoms with van der Waals surface area (Å²) in [5, 5.41) is 17.5. The number of carbonyl (C=O) groups excluding carboxylic acids is 1. The zero-order valence-electron chi connectivity index (χ0n) is 12.2. The molecule has 114 valence electrons. The molecule has 1 atom stereocenters. The number of carbonyl (C=O) groups is 1. The van der Waals surface area contributed by atoms with E-state index in [0.29, 0.717) is 22.8 Å². The summed E-state index contributed by atoms with van der Waals surface area (Å²) in [7, 11) is 0. The van der Waals surface area contributed by atoms with Gasteiger partial charge >= 0.3 is 0 Å². The maximum atomic E-state index is 12.5. The van der Waals surface area contributed by atoms with Crippen molar-refractivity contribution in [1.82, 2.24) is 9.78 Å². The molecule has 6 heteroatoms. The van der Waals surface area contributed by atoms with Gasteiger partial charge in [0.2, 0.25) is 0 Å². The minimum atomic E-state index is -0.338. The van der Waals surface area contributed by atoms with E-state index in [4.69, 9.17) is 11.6 Å². The highest BCUT2D eigenvalue weighted by Crippen LogP contribution is 2.41. The zero-order valence-corrected chi connectivity index (χ0v) is 13.0. The Bertz CT molecular complexity index is 890. The van der Waals surface area contributed by atoms with Gasteiger partial charge in [-0.05, 0) is 30.5 Å². The van der Waals surface area contributed by atoms with Crippen LogP contribution in [0.3, 0.4) is 0 Å². The van der Waals surface area contributed by atoms with E-state index in [1.54, 1.807) is 10.7 Å². The number of rotatable bonds is 1. The fourth-order valence-corrected chi connectivity index (χ4v) is 3.52. The van der Waals surface area contributed by atoms with Gasteiger partial charge in [-0.25, -0.2) is 4.68 Å². The van der Waals surface area contributed by atoms with Crippen LogP contribution in [0.25, 0.3) is 0 Å². The molecular weight excluding hydrogens is 312 g/mol. The monoisotopic (exact) mass is 324 g/mol. The molecule has 0 saturated carbocycles. The molecule has 1 unspecified atom stereocenters. The molecule has 5 nitrogen and oxygen atoms in total. The van der Waals surface area contributed by atoms with Crippen molar-refractivity contribution in [1.29, 1.82) is 5.26 Å². The number of hydrogen-bond donors (Lipinski definition) is 1. The number of aromatic nitrogens is 2. The number of anilines is 1. The van der Waals surface area contributed by atoms with Crippen molar-refractivity contribution >= 4 is 23.2 Å². The highest BCUT2D eigenvalue weighted by molar-refractivity contribution is 6.30. The van der Waals surface area contributed by atoms with Gasteiger partial charge < -0.3 is 5.32 Å². The molecule has 2 aromatic rings. The van der Waals surface area contributed by atoms with Gasteiger partial charge in [-0.2, -0.15) is 10.4 Å². The van der Waals surface area contributed by atoms with Gasteiger partial charge in [0.1, 0.15) is 23.5 Å². The first-order chi connectivity index (χ1) is 11.2. The van der Waals surface area contributed by atoms with Crippen molar-refractivity contribution in [2.24, 2.45) is 0 Å². The van der Waals surface area contributed by atoms with E-state index in [9.17, 15) is 10.1 Å². The van der Waals surface area contributed by atoms with Crippen molar-refractivity contribution in [3.05, 3.63) is 57.9 Å². The molecule has 2 aliphatic rings. The number of nitriles is 1. The van der Waals surface area contributed by atoms with Crippen LogP contribution in [-0.4, -0.2) is 15.6 Å². The quantitative estimate of drug-likeness (QED) is 0.872. The Morgan fingerprint density at radius 3 is 3.04 bits per heavy atom. The number of Topliss-reactive ketones (excluding diaryl/α,β-unsaturated/α-hetero) is 1. The average Bonchev–Trinajstić information content (AvgIpc) is 2.95. The molecule has 1 aromatic carbocycles. The topological polar surface area (TPSA) is 70.7 Å². The molecule has 2 heterocycles. The minimum Gasteiger partial charge on any atom is -0.342 e. The second-order valence-corrected chi connectivity index (χ2v) is 6.15. The van der Waals surface area contributed by atoms with Crippen LogP contribution in [0.1, 0.15) is 36.4 Å². The molecule has 1 aromatic heterocycles. The van der Waals surface area contributed by atoms with Gasteiger partial charge in [0, 0.05) is 22.7 Å². The SMILES string of the molecule is N#Cc1cnn2c1NC1=C(C(=O)CCC1)C2c1cccc(Cl)c1. The van der Waals surface area contributed by atoms with E-state index in [-0.39, 0.29) is 11.8 Å². The van der Waals surface area contributed by atoms with E-state index in [0.717, 1.165) is 29.7 Å². The molecule has 0 spiro atoms. The third-order valence-electron chi connectivity index (χ3n) is 4.32. The summed E-state index contributed by atoms with van der Waals surface area (Å²) in [6, 6.07) is 9.26. The number of ketones is 1. The van der Waals surface area contributed by atoms with Crippen LogP contribution in [0, 0.1) is 11.3 Å². The average molecular weight is 325 g/mol. The number of fused-ring (bicyclic) bond motifs is 1. The predicted octanol–water partition coefficient (Wildman–Crippen LogP) is 3.43. The van der Waals surface area contributed by atoms with Gasteiger partial charge in [-0.3, -0.25) is 4.79 Å². The predicted molar refractivity (Wildman–Crippen MR) is 86.0 cm³/mol. The lowest BCUT2D eigenvalue weighted by Gasteiger charge is -2.33. The molecule has 0 saturated heterocycles. The Labute approximate surface area is 138 Å². The van der Waals surface area contributed by atoms with Gasteiger partial charge in [0.15, 0.2) is 5.78 Å². The van der Waals surface area contributed by atoms with Crippen molar-refractivity contribution in [2.75, 3.05) is 5.32 Å². The third kappa shape index (κ3) is 2.14. The number of nitrogens with zero attached hydrogens (tertiary/aromatic N) is 3. The fraction of sp³-hybridized carbons (Fsp3) is 0.235. The molecule has 0 fully saturated rings. The first-order valence-corrected chi connectivity index (χ1v) is 7.83. The minimum absolute atomic E-state index is 0.128. The van der Waals surface area contributed by atoms with E-state index in [1.807, 2.05) is 18.2 Å². The van der Waals surface area contributed by atoms with Gasteiger partial charge in [0.25, 0.3) is 0 Å². The van der Waals surface area contributed by atoms with Crippen LogP contribution < -0.4 is 5.32 Å². The Balaban J connectivity index is 1.96. The molecule has 1 aliphatic carbocycles. The number of halogens is 1. The summed E-state index contributed by atoms with van der Waals surface area (Å²) in [5.41, 5.74) is 3.01. The lowest BCUT2D eigenvalue weighted by Crippen LogP contribution is -2.31. The highest BCUT2D eigenvalue weighted by atomic mass is 35.5. The molecule has 1 aliphatic heterocycles. The summed E-state index contributed by atoms with van der Waals surface area (Å²) in [4.78, 5) is 12.5. The van der Waals surface area contributed by atoms with Gasteiger partial charge in [-0.15, -0.1) is 0 Å². The van der Waals surface area contributed by atoms with Gasteiger partial charge in [-0.1, -0.05) is 23.7 Å². The summed E-state index contributed by atoms with van der Waals surface area (Å²) in [6.07, 6.45) is 3.69. The summed E-state index contributed by atoms with van der Waals surface area (Å²) >= 11 is 6.14. The van der Waals surface area contributed by atoms with Crippen molar-refractivity contribution in [3.63, 3.8) is 0 Å². The first kappa shape index (κ1) is 14.0. The second-order valence-electron chi connectivity index (χ2n) is 5.71. The molecule has 0 amide bonds. The zero-order chi connectivity index (χ0) is 16.0. The summed E-state index contributed by atoms with van der Waals surface area (Å²) in [5.74, 6) is 0.773.